The summed E-state index contributed by atoms with van der Waals surface area (Å²) in [5, 5.41) is 8.96. The SMILES string of the molecule is CCOCCN(CCOCC)c1cnc(CO)cn1. The first-order chi connectivity index (χ1) is 9.31. The van der Waals surface area contributed by atoms with Gasteiger partial charge in [-0.25, -0.2) is 4.98 Å². The maximum Gasteiger partial charge on any atom is 0.147 e. The Morgan fingerprint density at radius 1 is 1.05 bits per heavy atom. The quantitative estimate of drug-likeness (QED) is 0.635. The van der Waals surface area contributed by atoms with Gasteiger partial charge in [0, 0.05) is 26.3 Å². The molecular formula is C13H23N3O3. The second kappa shape index (κ2) is 9.66. The van der Waals surface area contributed by atoms with Gasteiger partial charge >= 0.3 is 0 Å². The predicted molar refractivity (Wildman–Crippen MR) is 73.2 cm³/mol. The van der Waals surface area contributed by atoms with E-state index in [9.17, 15) is 0 Å². The van der Waals surface area contributed by atoms with Crippen LogP contribution in [0.3, 0.4) is 0 Å². The zero-order chi connectivity index (χ0) is 13.9. The molecule has 0 fully saturated rings. The molecule has 6 heteroatoms. The minimum Gasteiger partial charge on any atom is -0.390 e. The number of aliphatic hydroxyl groups is 1. The van der Waals surface area contributed by atoms with Crippen LogP contribution < -0.4 is 4.90 Å². The Hall–Kier alpha value is -1.24. The summed E-state index contributed by atoms with van der Waals surface area (Å²) in [5.41, 5.74) is 0.568. The molecule has 1 aromatic rings. The van der Waals surface area contributed by atoms with Crippen LogP contribution in [0.1, 0.15) is 19.5 Å². The molecule has 6 nitrogen and oxygen atoms in total. The van der Waals surface area contributed by atoms with Crippen LogP contribution in [0.4, 0.5) is 5.82 Å². The normalized spacial score (nSPS) is 10.7. The van der Waals surface area contributed by atoms with Crippen molar-refractivity contribution in [3.8, 4) is 0 Å². The van der Waals surface area contributed by atoms with E-state index in [0.29, 0.717) is 32.1 Å². The highest BCUT2D eigenvalue weighted by Gasteiger charge is 2.08. The Bertz CT molecular complexity index is 322. The number of rotatable bonds is 10. The molecule has 19 heavy (non-hydrogen) atoms. The molecule has 1 rings (SSSR count). The zero-order valence-corrected chi connectivity index (χ0v) is 11.7. The van der Waals surface area contributed by atoms with Crippen LogP contribution in [0.25, 0.3) is 0 Å². The van der Waals surface area contributed by atoms with Gasteiger partial charge in [-0.3, -0.25) is 4.98 Å². The molecule has 0 radical (unpaired) electrons. The molecule has 0 aromatic carbocycles. The highest BCUT2D eigenvalue weighted by atomic mass is 16.5. The van der Waals surface area contributed by atoms with Gasteiger partial charge in [-0.2, -0.15) is 0 Å². The molecule has 0 aliphatic carbocycles. The van der Waals surface area contributed by atoms with Crippen LogP contribution in [-0.2, 0) is 16.1 Å². The van der Waals surface area contributed by atoms with Gasteiger partial charge in [-0.1, -0.05) is 0 Å². The molecule has 0 saturated carbocycles. The summed E-state index contributed by atoms with van der Waals surface area (Å²) >= 11 is 0. The standard InChI is InChI=1S/C13H23N3O3/c1-3-18-7-5-16(6-8-19-4-2)13-10-14-12(11-17)9-15-13/h9-10,17H,3-8,11H2,1-2H3. The van der Waals surface area contributed by atoms with Crippen LogP contribution in [0.2, 0.25) is 0 Å². The molecule has 0 aliphatic rings. The largest absolute Gasteiger partial charge is 0.390 e. The van der Waals surface area contributed by atoms with E-state index in [-0.39, 0.29) is 6.61 Å². The van der Waals surface area contributed by atoms with Crippen LogP contribution in [0.5, 0.6) is 0 Å². The molecule has 108 valence electrons. The van der Waals surface area contributed by atoms with Crippen molar-refractivity contribution >= 4 is 5.82 Å². The van der Waals surface area contributed by atoms with Crippen molar-refractivity contribution < 1.29 is 14.6 Å². The number of ether oxygens (including phenoxy) is 2. The van der Waals surface area contributed by atoms with E-state index in [1.54, 1.807) is 12.4 Å². The first-order valence-corrected chi connectivity index (χ1v) is 6.64. The molecule has 1 aromatic heterocycles. The predicted octanol–water partition coefficient (Wildman–Crippen LogP) is 0.848. The summed E-state index contributed by atoms with van der Waals surface area (Å²) in [6.45, 7) is 8.04. The van der Waals surface area contributed by atoms with E-state index in [4.69, 9.17) is 14.6 Å². The highest BCUT2D eigenvalue weighted by molar-refractivity contribution is 5.35. The average Bonchev–Trinajstić information content (AvgIpc) is 2.46. The van der Waals surface area contributed by atoms with E-state index in [0.717, 1.165) is 18.9 Å². The van der Waals surface area contributed by atoms with Gasteiger partial charge in [0.2, 0.25) is 0 Å². The molecular weight excluding hydrogens is 246 g/mol. The lowest BCUT2D eigenvalue weighted by Crippen LogP contribution is -2.32. The molecule has 0 saturated heterocycles. The fraction of sp³-hybridized carbons (Fsp3) is 0.692. The number of nitrogens with zero attached hydrogens (tertiary/aromatic N) is 3. The van der Waals surface area contributed by atoms with Crippen molar-refractivity contribution in [2.24, 2.45) is 0 Å². The fourth-order valence-electron chi connectivity index (χ4n) is 1.57. The summed E-state index contributed by atoms with van der Waals surface area (Å²) in [7, 11) is 0. The summed E-state index contributed by atoms with van der Waals surface area (Å²) in [5.74, 6) is 0.775. The summed E-state index contributed by atoms with van der Waals surface area (Å²) in [6, 6.07) is 0. The van der Waals surface area contributed by atoms with Crippen LogP contribution >= 0.6 is 0 Å². The fourth-order valence-corrected chi connectivity index (χ4v) is 1.57. The van der Waals surface area contributed by atoms with Crippen molar-refractivity contribution in [2.45, 2.75) is 20.5 Å². The first-order valence-electron chi connectivity index (χ1n) is 6.64. The van der Waals surface area contributed by atoms with Crippen LogP contribution in [0, 0.1) is 0 Å². The third kappa shape index (κ3) is 5.96. The lowest BCUT2D eigenvalue weighted by molar-refractivity contribution is 0.141. The van der Waals surface area contributed by atoms with Crippen molar-refractivity contribution in [3.05, 3.63) is 18.1 Å². The highest BCUT2D eigenvalue weighted by Crippen LogP contribution is 2.08. The number of aromatic nitrogens is 2. The third-order valence-electron chi connectivity index (χ3n) is 2.60. The minimum absolute atomic E-state index is 0.0921. The van der Waals surface area contributed by atoms with Gasteiger partial charge in [-0.15, -0.1) is 0 Å². The van der Waals surface area contributed by atoms with Gasteiger partial charge < -0.3 is 19.5 Å². The summed E-state index contributed by atoms with van der Waals surface area (Å²) in [6.07, 6.45) is 3.26. The van der Waals surface area contributed by atoms with Gasteiger partial charge in [0.05, 0.1) is 37.9 Å². The van der Waals surface area contributed by atoms with Crippen LogP contribution in [0.15, 0.2) is 12.4 Å². The van der Waals surface area contributed by atoms with Gasteiger partial charge in [0.1, 0.15) is 5.82 Å². The average molecular weight is 269 g/mol. The lowest BCUT2D eigenvalue weighted by Gasteiger charge is -2.23. The smallest absolute Gasteiger partial charge is 0.147 e. The van der Waals surface area contributed by atoms with Crippen molar-refractivity contribution in [3.63, 3.8) is 0 Å². The first kappa shape index (κ1) is 15.8. The molecule has 0 atom stereocenters. The second-order valence-electron chi connectivity index (χ2n) is 3.90. The Labute approximate surface area is 114 Å². The Morgan fingerprint density at radius 3 is 2.11 bits per heavy atom. The lowest BCUT2D eigenvalue weighted by atomic mass is 10.4. The maximum absolute atomic E-state index is 8.96. The van der Waals surface area contributed by atoms with E-state index in [1.807, 2.05) is 13.8 Å². The molecule has 0 amide bonds. The summed E-state index contributed by atoms with van der Waals surface area (Å²) < 4.78 is 10.7. The Kier molecular flexibility index (Phi) is 8.04. The number of hydrogen-bond donors (Lipinski definition) is 1. The van der Waals surface area contributed by atoms with Gasteiger partial charge in [0.25, 0.3) is 0 Å². The van der Waals surface area contributed by atoms with Crippen LogP contribution in [-0.4, -0.2) is 54.6 Å². The van der Waals surface area contributed by atoms with E-state index in [2.05, 4.69) is 14.9 Å². The van der Waals surface area contributed by atoms with Gasteiger partial charge in [-0.05, 0) is 13.8 Å². The van der Waals surface area contributed by atoms with Crippen molar-refractivity contribution in [2.75, 3.05) is 44.4 Å². The molecule has 0 unspecified atom stereocenters. The van der Waals surface area contributed by atoms with E-state index >= 15 is 0 Å². The number of anilines is 1. The Balaban J connectivity index is 2.58. The molecule has 0 spiro atoms. The Morgan fingerprint density at radius 2 is 1.68 bits per heavy atom. The topological polar surface area (TPSA) is 67.7 Å². The molecule has 1 N–H and O–H groups in total. The monoisotopic (exact) mass is 269 g/mol. The van der Waals surface area contributed by atoms with Crippen molar-refractivity contribution in [1.29, 1.82) is 0 Å². The molecule has 0 aliphatic heterocycles. The molecule has 1 heterocycles. The van der Waals surface area contributed by atoms with Crippen molar-refractivity contribution in [1.82, 2.24) is 9.97 Å². The molecule has 0 bridgehead atoms. The second-order valence-corrected chi connectivity index (χ2v) is 3.90. The number of hydrogen-bond acceptors (Lipinski definition) is 6. The summed E-state index contributed by atoms with van der Waals surface area (Å²) in [4.78, 5) is 10.5. The van der Waals surface area contributed by atoms with Gasteiger partial charge in [0.15, 0.2) is 0 Å². The third-order valence-corrected chi connectivity index (χ3v) is 2.60. The maximum atomic E-state index is 8.96. The zero-order valence-electron chi connectivity index (χ0n) is 11.7. The minimum atomic E-state index is -0.0921. The van der Waals surface area contributed by atoms with E-state index < -0.39 is 0 Å². The van der Waals surface area contributed by atoms with E-state index in [1.165, 1.54) is 0 Å². The number of aliphatic hydroxyl groups excluding tert-OH is 1.